The van der Waals surface area contributed by atoms with Crippen LogP contribution in [0.2, 0.25) is 0 Å². The van der Waals surface area contributed by atoms with Crippen LogP contribution in [0.1, 0.15) is 55.0 Å². The molecule has 1 aromatic rings. The molecule has 1 aliphatic heterocycles. The summed E-state index contributed by atoms with van der Waals surface area (Å²) in [6.45, 7) is 2.37. The molecule has 1 aromatic carbocycles. The van der Waals surface area contributed by atoms with E-state index < -0.39 is 0 Å². The van der Waals surface area contributed by atoms with Crippen molar-refractivity contribution in [1.29, 1.82) is 0 Å². The Morgan fingerprint density at radius 1 is 1.00 bits per heavy atom. The van der Waals surface area contributed by atoms with E-state index in [1.807, 2.05) is 7.11 Å². The van der Waals surface area contributed by atoms with Gasteiger partial charge in [0, 0.05) is 20.2 Å². The molecule has 1 saturated heterocycles. The summed E-state index contributed by atoms with van der Waals surface area (Å²) in [6.07, 6.45) is 9.34. The molecule has 3 rings (SSSR count). The van der Waals surface area contributed by atoms with Crippen molar-refractivity contribution in [1.82, 2.24) is 4.90 Å². The Kier molecular flexibility index (Phi) is 4.19. The highest BCUT2D eigenvalue weighted by Crippen LogP contribution is 2.32. The van der Waals surface area contributed by atoms with Crippen LogP contribution < -0.4 is 0 Å². The molecular weight excluding hydrogens is 234 g/mol. The van der Waals surface area contributed by atoms with Crippen molar-refractivity contribution in [2.24, 2.45) is 0 Å². The number of likely N-dealkylation sites (tertiary alicyclic amines) is 1. The van der Waals surface area contributed by atoms with Crippen molar-refractivity contribution in [3.8, 4) is 0 Å². The topological polar surface area (TPSA) is 12.5 Å². The second-order valence-electron chi connectivity index (χ2n) is 5.88. The fourth-order valence-electron chi connectivity index (χ4n) is 3.67. The van der Waals surface area contributed by atoms with Crippen molar-refractivity contribution < 1.29 is 4.74 Å². The minimum atomic E-state index is 0.174. The van der Waals surface area contributed by atoms with E-state index in [2.05, 4.69) is 23.1 Å². The van der Waals surface area contributed by atoms with Gasteiger partial charge in [-0.3, -0.25) is 4.90 Å². The highest BCUT2D eigenvalue weighted by Gasteiger charge is 2.25. The standard InChI is InChI=1S/C17H25NO/c1-19-17(18-12-5-2-6-13-18)16-11-7-9-14-8-3-4-10-15(14)16/h7,9,11,17H,2-6,8,10,12-13H2,1H3. The Bertz CT molecular complexity index is 423. The average molecular weight is 259 g/mol. The number of aryl methyl sites for hydroxylation is 1. The van der Waals surface area contributed by atoms with E-state index >= 15 is 0 Å². The zero-order chi connectivity index (χ0) is 13.1. The first kappa shape index (κ1) is 13.1. The van der Waals surface area contributed by atoms with Crippen molar-refractivity contribution in [3.63, 3.8) is 0 Å². The molecule has 0 saturated carbocycles. The summed E-state index contributed by atoms with van der Waals surface area (Å²) < 4.78 is 5.87. The van der Waals surface area contributed by atoms with Gasteiger partial charge < -0.3 is 4.74 Å². The third kappa shape index (κ3) is 2.70. The molecule has 0 N–H and O–H groups in total. The molecular formula is C17H25NO. The van der Waals surface area contributed by atoms with Crippen LogP contribution in [-0.4, -0.2) is 25.1 Å². The Morgan fingerprint density at radius 2 is 1.79 bits per heavy atom. The quantitative estimate of drug-likeness (QED) is 0.820. The number of hydrogen-bond acceptors (Lipinski definition) is 2. The Hall–Kier alpha value is -0.860. The molecule has 0 aromatic heterocycles. The van der Waals surface area contributed by atoms with Crippen LogP contribution in [-0.2, 0) is 17.6 Å². The average Bonchev–Trinajstić information content (AvgIpc) is 2.49. The number of methoxy groups -OCH3 is 1. The van der Waals surface area contributed by atoms with Crippen molar-refractivity contribution in [2.75, 3.05) is 20.2 Å². The maximum absolute atomic E-state index is 5.87. The van der Waals surface area contributed by atoms with Crippen molar-refractivity contribution >= 4 is 0 Å². The van der Waals surface area contributed by atoms with Gasteiger partial charge in [-0.05, 0) is 55.2 Å². The molecule has 0 bridgehead atoms. The normalized spacial score (nSPS) is 21.9. The Labute approximate surface area is 116 Å². The van der Waals surface area contributed by atoms with E-state index in [9.17, 15) is 0 Å². The first-order valence-corrected chi connectivity index (χ1v) is 7.77. The number of rotatable bonds is 3. The molecule has 0 amide bonds. The lowest BCUT2D eigenvalue weighted by molar-refractivity contribution is -0.0444. The maximum Gasteiger partial charge on any atom is 0.136 e. The van der Waals surface area contributed by atoms with Gasteiger partial charge in [0.1, 0.15) is 6.23 Å². The van der Waals surface area contributed by atoms with E-state index in [1.54, 1.807) is 11.1 Å². The second-order valence-corrected chi connectivity index (χ2v) is 5.88. The van der Waals surface area contributed by atoms with Crippen LogP contribution in [0, 0.1) is 0 Å². The van der Waals surface area contributed by atoms with Crippen LogP contribution in [0.25, 0.3) is 0 Å². The largest absolute Gasteiger partial charge is 0.362 e. The number of fused-ring (bicyclic) bond motifs is 1. The molecule has 2 heteroatoms. The molecule has 0 spiro atoms. The highest BCUT2D eigenvalue weighted by atomic mass is 16.5. The molecule has 19 heavy (non-hydrogen) atoms. The summed E-state index contributed by atoms with van der Waals surface area (Å²) in [5.74, 6) is 0. The van der Waals surface area contributed by atoms with Crippen LogP contribution in [0.3, 0.4) is 0 Å². The van der Waals surface area contributed by atoms with Crippen molar-refractivity contribution in [2.45, 2.75) is 51.2 Å². The first-order valence-electron chi connectivity index (χ1n) is 7.77. The lowest BCUT2D eigenvalue weighted by atomic mass is 9.87. The summed E-state index contributed by atoms with van der Waals surface area (Å²) in [5, 5.41) is 0. The molecule has 104 valence electrons. The number of hydrogen-bond donors (Lipinski definition) is 0. The van der Waals surface area contributed by atoms with Gasteiger partial charge in [0.15, 0.2) is 0 Å². The lowest BCUT2D eigenvalue weighted by Gasteiger charge is -2.35. The van der Waals surface area contributed by atoms with Gasteiger partial charge >= 0.3 is 0 Å². The first-order chi connectivity index (χ1) is 9.40. The minimum Gasteiger partial charge on any atom is -0.362 e. The van der Waals surface area contributed by atoms with Gasteiger partial charge in [-0.15, -0.1) is 0 Å². The highest BCUT2D eigenvalue weighted by molar-refractivity contribution is 5.38. The second kappa shape index (κ2) is 6.06. The molecule has 1 fully saturated rings. The number of benzene rings is 1. The predicted octanol–water partition coefficient (Wildman–Crippen LogP) is 3.70. The number of ether oxygens (including phenoxy) is 1. The van der Waals surface area contributed by atoms with Crippen LogP contribution >= 0.6 is 0 Å². The monoisotopic (exact) mass is 259 g/mol. The fourth-order valence-corrected chi connectivity index (χ4v) is 3.67. The summed E-state index contributed by atoms with van der Waals surface area (Å²) in [5.41, 5.74) is 4.57. The maximum atomic E-state index is 5.87. The third-order valence-corrected chi connectivity index (χ3v) is 4.64. The summed E-state index contributed by atoms with van der Waals surface area (Å²) in [6, 6.07) is 6.81. The van der Waals surface area contributed by atoms with E-state index in [0.29, 0.717) is 0 Å². The van der Waals surface area contributed by atoms with Gasteiger partial charge in [0.2, 0.25) is 0 Å². The molecule has 0 radical (unpaired) electrons. The van der Waals surface area contributed by atoms with Gasteiger partial charge in [0.05, 0.1) is 0 Å². The zero-order valence-electron chi connectivity index (χ0n) is 12.0. The van der Waals surface area contributed by atoms with Crippen LogP contribution in [0.5, 0.6) is 0 Å². The van der Waals surface area contributed by atoms with Crippen LogP contribution in [0.4, 0.5) is 0 Å². The molecule has 1 heterocycles. The van der Waals surface area contributed by atoms with Gasteiger partial charge in [0.25, 0.3) is 0 Å². The summed E-state index contributed by atoms with van der Waals surface area (Å²) >= 11 is 0. The molecule has 1 aliphatic carbocycles. The molecule has 1 unspecified atom stereocenters. The Balaban J connectivity index is 1.90. The van der Waals surface area contributed by atoms with E-state index in [-0.39, 0.29) is 6.23 Å². The number of nitrogens with zero attached hydrogens (tertiary/aromatic N) is 1. The minimum absolute atomic E-state index is 0.174. The van der Waals surface area contributed by atoms with Gasteiger partial charge in [-0.2, -0.15) is 0 Å². The predicted molar refractivity (Wildman–Crippen MR) is 78.3 cm³/mol. The van der Waals surface area contributed by atoms with E-state index in [4.69, 9.17) is 4.74 Å². The number of piperidine rings is 1. The van der Waals surface area contributed by atoms with Crippen LogP contribution in [0.15, 0.2) is 18.2 Å². The zero-order valence-corrected chi connectivity index (χ0v) is 12.0. The van der Waals surface area contributed by atoms with E-state index in [0.717, 1.165) is 0 Å². The Morgan fingerprint density at radius 3 is 2.58 bits per heavy atom. The fraction of sp³-hybridized carbons (Fsp3) is 0.647. The molecule has 2 nitrogen and oxygen atoms in total. The molecule has 2 aliphatic rings. The van der Waals surface area contributed by atoms with E-state index in [1.165, 1.54) is 63.6 Å². The third-order valence-electron chi connectivity index (χ3n) is 4.64. The smallest absolute Gasteiger partial charge is 0.136 e. The van der Waals surface area contributed by atoms with Gasteiger partial charge in [-0.1, -0.05) is 24.6 Å². The van der Waals surface area contributed by atoms with Crippen molar-refractivity contribution in [3.05, 3.63) is 34.9 Å². The van der Waals surface area contributed by atoms with Gasteiger partial charge in [-0.25, -0.2) is 0 Å². The lowest BCUT2D eigenvalue weighted by Crippen LogP contribution is -2.35. The SMILES string of the molecule is COC(c1cccc2c1CCCC2)N1CCCCC1. The summed E-state index contributed by atoms with van der Waals surface area (Å²) in [7, 11) is 1.86. The summed E-state index contributed by atoms with van der Waals surface area (Å²) in [4.78, 5) is 2.52. The molecule has 1 atom stereocenters.